The van der Waals surface area contributed by atoms with E-state index in [0.717, 1.165) is 23.3 Å². The third kappa shape index (κ3) is 3.29. The van der Waals surface area contributed by atoms with Crippen LogP contribution in [0.25, 0.3) is 5.65 Å². The number of rotatable bonds is 4. The molecule has 0 radical (unpaired) electrons. The van der Waals surface area contributed by atoms with Gasteiger partial charge in [-0.2, -0.15) is 0 Å². The van der Waals surface area contributed by atoms with E-state index in [-0.39, 0.29) is 5.82 Å². The Morgan fingerprint density at radius 3 is 2.70 bits per heavy atom. The highest BCUT2D eigenvalue weighted by Crippen LogP contribution is 2.23. The third-order valence-corrected chi connectivity index (χ3v) is 4.24. The molecule has 27 heavy (non-hydrogen) atoms. The predicted molar refractivity (Wildman–Crippen MR) is 98.7 cm³/mol. The zero-order valence-corrected chi connectivity index (χ0v) is 14.2. The maximum atomic E-state index is 12.4. The van der Waals surface area contributed by atoms with Gasteiger partial charge in [-0.1, -0.05) is 6.07 Å². The maximum absolute atomic E-state index is 12.4. The predicted octanol–water partition coefficient (Wildman–Crippen LogP) is 1.58. The van der Waals surface area contributed by atoms with Crippen LogP contribution in [0.3, 0.4) is 0 Å². The van der Waals surface area contributed by atoms with Crippen LogP contribution in [0.1, 0.15) is 0 Å². The summed E-state index contributed by atoms with van der Waals surface area (Å²) >= 11 is 0. The topological polar surface area (TPSA) is 115 Å². The van der Waals surface area contributed by atoms with Crippen molar-refractivity contribution in [2.75, 3.05) is 36.5 Å². The Morgan fingerprint density at radius 2 is 2.00 bits per heavy atom. The summed E-state index contributed by atoms with van der Waals surface area (Å²) in [5.74, 6) is 0.682. The highest BCUT2D eigenvalue weighted by atomic mass is 16.6. The molecule has 0 bridgehead atoms. The van der Waals surface area contributed by atoms with Crippen molar-refractivity contribution in [1.29, 1.82) is 0 Å². The second-order valence-electron chi connectivity index (χ2n) is 5.93. The van der Waals surface area contributed by atoms with Crippen LogP contribution in [-0.2, 0) is 4.74 Å². The summed E-state index contributed by atoms with van der Waals surface area (Å²) in [6.07, 6.45) is 3.00. The molecule has 4 heterocycles. The number of nitrogens with zero attached hydrogens (tertiary/aromatic N) is 5. The minimum Gasteiger partial charge on any atom is -0.378 e. The van der Waals surface area contributed by atoms with Gasteiger partial charge in [0.1, 0.15) is 11.5 Å². The molecule has 0 aromatic carbocycles. The molecule has 1 saturated heterocycles. The molecule has 3 aromatic heterocycles. The van der Waals surface area contributed by atoms with Crippen LogP contribution in [0.15, 0.2) is 47.5 Å². The second kappa shape index (κ2) is 7.00. The van der Waals surface area contributed by atoms with Crippen molar-refractivity contribution < 1.29 is 9.66 Å². The standard InChI is InChI=1S/C17H16N6O4/c24-17-15(23(25)26)16(20-14-3-1-2-6-22(14)17)19-12-4-5-13(18-11-12)21-7-9-27-10-8-21/h1-6,11,19H,7-10H2. The lowest BCUT2D eigenvalue weighted by Gasteiger charge is -2.27. The van der Waals surface area contributed by atoms with Crippen molar-refractivity contribution in [1.82, 2.24) is 14.4 Å². The van der Waals surface area contributed by atoms with E-state index in [9.17, 15) is 14.9 Å². The zero-order chi connectivity index (χ0) is 18.8. The van der Waals surface area contributed by atoms with Gasteiger partial charge >= 0.3 is 11.2 Å². The van der Waals surface area contributed by atoms with E-state index in [4.69, 9.17) is 4.74 Å². The van der Waals surface area contributed by atoms with Gasteiger partial charge in [0.2, 0.25) is 5.82 Å². The molecule has 0 saturated carbocycles. The first-order valence-electron chi connectivity index (χ1n) is 8.35. The molecule has 0 atom stereocenters. The Labute approximate surface area is 153 Å². The van der Waals surface area contributed by atoms with Crippen LogP contribution in [0, 0.1) is 10.1 Å². The van der Waals surface area contributed by atoms with Crippen molar-refractivity contribution in [3.05, 3.63) is 63.2 Å². The zero-order valence-electron chi connectivity index (χ0n) is 14.2. The number of hydrogen-bond donors (Lipinski definition) is 1. The molecule has 0 amide bonds. The molecule has 10 heteroatoms. The summed E-state index contributed by atoms with van der Waals surface area (Å²) in [5, 5.41) is 14.3. The Balaban J connectivity index is 1.67. The van der Waals surface area contributed by atoms with Crippen molar-refractivity contribution in [2.45, 2.75) is 0 Å². The molecule has 4 rings (SSSR count). The Morgan fingerprint density at radius 1 is 1.19 bits per heavy atom. The maximum Gasteiger partial charge on any atom is 0.376 e. The van der Waals surface area contributed by atoms with Gasteiger partial charge in [0.15, 0.2) is 0 Å². The molecule has 1 N–H and O–H groups in total. The molecule has 0 aliphatic carbocycles. The molecule has 138 valence electrons. The number of hydrogen-bond acceptors (Lipinski definition) is 8. The van der Waals surface area contributed by atoms with Gasteiger partial charge in [0, 0.05) is 19.3 Å². The number of nitrogens with one attached hydrogen (secondary N) is 1. The molecule has 1 fully saturated rings. The SMILES string of the molecule is O=c1c([N+](=O)[O-])c(Nc2ccc(N3CCOCC3)nc2)nc2ccccn12. The number of morpholine rings is 1. The summed E-state index contributed by atoms with van der Waals surface area (Å²) in [6.45, 7) is 2.82. The summed E-state index contributed by atoms with van der Waals surface area (Å²) < 4.78 is 6.46. The van der Waals surface area contributed by atoms with Gasteiger partial charge in [-0.25, -0.2) is 9.97 Å². The molecule has 1 aliphatic rings. The van der Waals surface area contributed by atoms with Crippen molar-refractivity contribution in [3.8, 4) is 0 Å². The first-order valence-corrected chi connectivity index (χ1v) is 8.35. The first kappa shape index (κ1) is 16.9. The highest BCUT2D eigenvalue weighted by Gasteiger charge is 2.23. The second-order valence-corrected chi connectivity index (χ2v) is 5.93. The molecular weight excluding hydrogens is 352 g/mol. The fraction of sp³-hybridized carbons (Fsp3) is 0.235. The van der Waals surface area contributed by atoms with E-state index in [1.165, 1.54) is 6.20 Å². The minimum absolute atomic E-state index is 0.114. The van der Waals surface area contributed by atoms with Crippen molar-refractivity contribution in [2.24, 2.45) is 0 Å². The van der Waals surface area contributed by atoms with E-state index in [0.29, 0.717) is 24.5 Å². The summed E-state index contributed by atoms with van der Waals surface area (Å²) in [7, 11) is 0. The lowest BCUT2D eigenvalue weighted by molar-refractivity contribution is -0.385. The number of anilines is 3. The van der Waals surface area contributed by atoms with Crippen LogP contribution < -0.4 is 15.8 Å². The Hall–Kier alpha value is -3.53. The fourth-order valence-electron chi connectivity index (χ4n) is 2.91. The molecular formula is C17H16N6O4. The lowest BCUT2D eigenvalue weighted by Crippen LogP contribution is -2.36. The normalized spacial score (nSPS) is 14.3. The van der Waals surface area contributed by atoms with E-state index >= 15 is 0 Å². The van der Waals surface area contributed by atoms with Crippen LogP contribution in [0.5, 0.6) is 0 Å². The number of pyridine rings is 2. The van der Waals surface area contributed by atoms with Gasteiger partial charge in [0.25, 0.3) is 0 Å². The summed E-state index contributed by atoms with van der Waals surface area (Å²) in [6, 6.07) is 8.48. The van der Waals surface area contributed by atoms with Gasteiger partial charge in [-0.05, 0) is 24.3 Å². The summed E-state index contributed by atoms with van der Waals surface area (Å²) in [5.41, 5.74) is -0.544. The quantitative estimate of drug-likeness (QED) is 0.545. The van der Waals surface area contributed by atoms with E-state index in [1.807, 2.05) is 6.07 Å². The summed E-state index contributed by atoms with van der Waals surface area (Å²) in [4.78, 5) is 33.8. The number of fused-ring (bicyclic) bond motifs is 1. The van der Waals surface area contributed by atoms with Gasteiger partial charge < -0.3 is 15.0 Å². The van der Waals surface area contributed by atoms with Crippen LogP contribution in [-0.4, -0.2) is 45.6 Å². The van der Waals surface area contributed by atoms with Crippen LogP contribution >= 0.6 is 0 Å². The van der Waals surface area contributed by atoms with Crippen LogP contribution in [0.2, 0.25) is 0 Å². The fourth-order valence-corrected chi connectivity index (χ4v) is 2.91. The Bertz CT molecular complexity index is 1040. The van der Waals surface area contributed by atoms with Crippen LogP contribution in [0.4, 0.5) is 23.0 Å². The number of ether oxygens (including phenoxy) is 1. The average molecular weight is 368 g/mol. The lowest BCUT2D eigenvalue weighted by atomic mass is 10.3. The smallest absolute Gasteiger partial charge is 0.376 e. The Kier molecular flexibility index (Phi) is 4.38. The van der Waals surface area contributed by atoms with E-state index < -0.39 is 16.2 Å². The van der Waals surface area contributed by atoms with E-state index in [1.54, 1.807) is 30.5 Å². The number of aromatic nitrogens is 3. The third-order valence-electron chi connectivity index (χ3n) is 4.24. The minimum atomic E-state index is -0.744. The molecule has 10 nitrogen and oxygen atoms in total. The first-order chi connectivity index (χ1) is 13.1. The molecule has 1 aliphatic heterocycles. The largest absolute Gasteiger partial charge is 0.378 e. The highest BCUT2D eigenvalue weighted by molar-refractivity contribution is 5.67. The number of nitro groups is 1. The van der Waals surface area contributed by atoms with Gasteiger partial charge in [0.05, 0.1) is 30.0 Å². The average Bonchev–Trinajstić information content (AvgIpc) is 2.69. The van der Waals surface area contributed by atoms with Crippen molar-refractivity contribution in [3.63, 3.8) is 0 Å². The monoisotopic (exact) mass is 368 g/mol. The van der Waals surface area contributed by atoms with Gasteiger partial charge in [-0.3, -0.25) is 19.3 Å². The van der Waals surface area contributed by atoms with E-state index in [2.05, 4.69) is 20.2 Å². The van der Waals surface area contributed by atoms with Gasteiger partial charge in [-0.15, -0.1) is 0 Å². The molecule has 0 unspecified atom stereocenters. The molecule has 3 aromatic rings. The molecule has 0 spiro atoms. The van der Waals surface area contributed by atoms with Crippen molar-refractivity contribution >= 4 is 28.7 Å².